The minimum Gasteiger partial charge on any atom is -0.444 e. The first-order chi connectivity index (χ1) is 8.78. The Kier molecular flexibility index (Phi) is 5.30. The highest BCUT2D eigenvalue weighted by Crippen LogP contribution is 2.14. The number of nitrogens with two attached hydrogens (primary N) is 1. The van der Waals surface area contributed by atoms with Gasteiger partial charge in [-0.25, -0.2) is 9.18 Å². The Morgan fingerprint density at radius 2 is 1.95 bits per heavy atom. The van der Waals surface area contributed by atoms with Crippen molar-refractivity contribution in [3.8, 4) is 0 Å². The second-order valence-electron chi connectivity index (χ2n) is 5.38. The van der Waals surface area contributed by atoms with Crippen LogP contribution in [0.25, 0.3) is 0 Å². The summed E-state index contributed by atoms with van der Waals surface area (Å²) < 4.78 is 17.9. The van der Waals surface area contributed by atoms with Gasteiger partial charge >= 0.3 is 6.09 Å². The molecular weight excluding hydrogens is 247 g/mol. The molecule has 0 aromatic heterocycles. The van der Waals surface area contributed by atoms with E-state index in [2.05, 4.69) is 5.32 Å². The summed E-state index contributed by atoms with van der Waals surface area (Å²) in [7, 11) is 0. The van der Waals surface area contributed by atoms with Gasteiger partial charge in [0.15, 0.2) is 0 Å². The van der Waals surface area contributed by atoms with Gasteiger partial charge in [0.2, 0.25) is 0 Å². The molecule has 3 N–H and O–H groups in total. The molecule has 1 atom stereocenters. The van der Waals surface area contributed by atoms with E-state index in [0.29, 0.717) is 13.0 Å². The lowest BCUT2D eigenvalue weighted by Gasteiger charge is -2.20. The van der Waals surface area contributed by atoms with Gasteiger partial charge < -0.3 is 15.8 Å². The Bertz CT molecular complexity index is 412. The van der Waals surface area contributed by atoms with Crippen LogP contribution in [0, 0.1) is 5.82 Å². The van der Waals surface area contributed by atoms with Crippen LogP contribution in [0.5, 0.6) is 0 Å². The smallest absolute Gasteiger partial charge is 0.407 e. The number of benzene rings is 1. The number of nitrogens with one attached hydrogen (secondary N) is 1. The predicted molar refractivity (Wildman–Crippen MR) is 72.2 cm³/mol. The monoisotopic (exact) mass is 268 g/mol. The van der Waals surface area contributed by atoms with Crippen molar-refractivity contribution in [1.29, 1.82) is 0 Å². The fourth-order valence-corrected chi connectivity index (χ4v) is 1.52. The van der Waals surface area contributed by atoms with Gasteiger partial charge in [0.05, 0.1) is 0 Å². The Balaban J connectivity index is 2.33. The first kappa shape index (κ1) is 15.4. The van der Waals surface area contributed by atoms with Crippen LogP contribution in [0.15, 0.2) is 24.3 Å². The van der Waals surface area contributed by atoms with E-state index in [0.717, 1.165) is 5.56 Å². The quantitative estimate of drug-likeness (QED) is 0.882. The lowest BCUT2D eigenvalue weighted by molar-refractivity contribution is 0.0526. The molecule has 0 saturated carbocycles. The van der Waals surface area contributed by atoms with E-state index in [1.54, 1.807) is 32.9 Å². The average molecular weight is 268 g/mol. The molecule has 0 spiro atoms. The summed E-state index contributed by atoms with van der Waals surface area (Å²) in [6.07, 6.45) is 0.101. The van der Waals surface area contributed by atoms with Crippen LogP contribution in [-0.4, -0.2) is 18.2 Å². The maximum Gasteiger partial charge on any atom is 0.407 e. The van der Waals surface area contributed by atoms with Crippen molar-refractivity contribution in [3.63, 3.8) is 0 Å². The minimum absolute atomic E-state index is 0.240. The second kappa shape index (κ2) is 6.52. The number of hydrogen-bond acceptors (Lipinski definition) is 3. The summed E-state index contributed by atoms with van der Waals surface area (Å²) in [5.74, 6) is -0.289. The highest BCUT2D eigenvalue weighted by atomic mass is 19.1. The average Bonchev–Trinajstić information content (AvgIpc) is 2.27. The zero-order valence-electron chi connectivity index (χ0n) is 11.6. The maximum absolute atomic E-state index is 12.8. The fourth-order valence-electron chi connectivity index (χ4n) is 1.52. The third kappa shape index (κ3) is 6.20. The predicted octanol–water partition coefficient (Wildman–Crippen LogP) is 2.74. The van der Waals surface area contributed by atoms with Gasteiger partial charge in [0, 0.05) is 12.6 Å². The van der Waals surface area contributed by atoms with E-state index in [1.807, 2.05) is 0 Å². The van der Waals surface area contributed by atoms with Gasteiger partial charge in [-0.3, -0.25) is 0 Å². The van der Waals surface area contributed by atoms with Crippen LogP contribution < -0.4 is 11.1 Å². The molecule has 0 fully saturated rings. The number of rotatable bonds is 4. The first-order valence-corrected chi connectivity index (χ1v) is 6.26. The highest BCUT2D eigenvalue weighted by Gasteiger charge is 2.16. The van der Waals surface area contributed by atoms with E-state index in [9.17, 15) is 9.18 Å². The van der Waals surface area contributed by atoms with Crippen molar-refractivity contribution in [3.05, 3.63) is 35.6 Å². The molecule has 19 heavy (non-hydrogen) atoms. The number of carbonyl (C=O) groups is 1. The molecule has 1 aromatic carbocycles. The molecule has 0 aliphatic heterocycles. The number of alkyl carbamates (subject to hydrolysis) is 1. The Hall–Kier alpha value is -1.62. The molecule has 106 valence electrons. The number of ether oxygens (including phenoxy) is 1. The summed E-state index contributed by atoms with van der Waals surface area (Å²) >= 11 is 0. The van der Waals surface area contributed by atoms with Crippen molar-refractivity contribution < 1.29 is 13.9 Å². The van der Waals surface area contributed by atoms with Crippen molar-refractivity contribution in [1.82, 2.24) is 5.32 Å². The standard InChI is InChI=1S/C14H21FN2O2/c1-14(2,3)19-13(18)17-9-8-12(16)10-4-6-11(15)7-5-10/h4-7,12H,8-9,16H2,1-3H3,(H,17,18). The van der Waals surface area contributed by atoms with Gasteiger partial charge in [0.1, 0.15) is 11.4 Å². The summed E-state index contributed by atoms with van der Waals surface area (Å²) in [5.41, 5.74) is 6.27. The third-order valence-corrected chi connectivity index (χ3v) is 2.42. The molecule has 0 bridgehead atoms. The SMILES string of the molecule is CC(C)(C)OC(=O)NCCC(N)c1ccc(F)cc1. The lowest BCUT2D eigenvalue weighted by Crippen LogP contribution is -2.33. The Labute approximate surface area is 113 Å². The summed E-state index contributed by atoms with van der Waals surface area (Å²) in [6, 6.07) is 5.80. The van der Waals surface area contributed by atoms with Crippen LogP contribution in [0.2, 0.25) is 0 Å². The van der Waals surface area contributed by atoms with Gasteiger partial charge in [0.25, 0.3) is 0 Å². The number of amides is 1. The molecule has 0 radical (unpaired) electrons. The van der Waals surface area contributed by atoms with E-state index in [1.165, 1.54) is 12.1 Å². The zero-order valence-corrected chi connectivity index (χ0v) is 11.6. The van der Waals surface area contributed by atoms with Gasteiger partial charge in [-0.15, -0.1) is 0 Å². The summed E-state index contributed by atoms with van der Waals surface area (Å²) in [5, 5.41) is 2.64. The van der Waals surface area contributed by atoms with Crippen molar-refractivity contribution in [2.24, 2.45) is 5.73 Å². The molecule has 1 rings (SSSR count). The molecule has 1 unspecified atom stereocenters. The molecule has 1 amide bonds. The van der Waals surface area contributed by atoms with E-state index in [4.69, 9.17) is 10.5 Å². The van der Waals surface area contributed by atoms with E-state index in [-0.39, 0.29) is 11.9 Å². The number of halogens is 1. The molecule has 5 heteroatoms. The molecule has 0 heterocycles. The van der Waals surface area contributed by atoms with Crippen molar-refractivity contribution >= 4 is 6.09 Å². The van der Waals surface area contributed by atoms with Gasteiger partial charge in [-0.05, 0) is 44.9 Å². The van der Waals surface area contributed by atoms with Crippen molar-refractivity contribution in [2.75, 3.05) is 6.54 Å². The molecule has 0 aliphatic rings. The number of carbonyl (C=O) groups excluding carboxylic acids is 1. The van der Waals surface area contributed by atoms with E-state index >= 15 is 0 Å². The van der Waals surface area contributed by atoms with Gasteiger partial charge in [-0.2, -0.15) is 0 Å². The molecular formula is C14H21FN2O2. The van der Waals surface area contributed by atoms with Crippen LogP contribution in [-0.2, 0) is 4.74 Å². The molecule has 0 aliphatic carbocycles. The van der Waals surface area contributed by atoms with Gasteiger partial charge in [-0.1, -0.05) is 12.1 Å². The molecule has 0 saturated heterocycles. The van der Waals surface area contributed by atoms with Crippen molar-refractivity contribution in [2.45, 2.75) is 38.8 Å². The topological polar surface area (TPSA) is 64.3 Å². The Morgan fingerprint density at radius 1 is 1.37 bits per heavy atom. The fraction of sp³-hybridized carbons (Fsp3) is 0.500. The van der Waals surface area contributed by atoms with Crippen LogP contribution in [0.3, 0.4) is 0 Å². The maximum atomic E-state index is 12.8. The normalized spacial score (nSPS) is 12.9. The van der Waals surface area contributed by atoms with Crippen LogP contribution >= 0.6 is 0 Å². The molecule has 4 nitrogen and oxygen atoms in total. The lowest BCUT2D eigenvalue weighted by atomic mass is 10.1. The minimum atomic E-state index is -0.511. The zero-order chi connectivity index (χ0) is 14.5. The number of hydrogen-bond donors (Lipinski definition) is 2. The summed E-state index contributed by atoms with van der Waals surface area (Å²) in [4.78, 5) is 11.4. The first-order valence-electron chi connectivity index (χ1n) is 6.26. The molecule has 1 aromatic rings. The Morgan fingerprint density at radius 3 is 2.47 bits per heavy atom. The third-order valence-electron chi connectivity index (χ3n) is 2.42. The largest absolute Gasteiger partial charge is 0.444 e. The summed E-state index contributed by atoms with van der Waals surface area (Å²) in [6.45, 7) is 5.82. The van der Waals surface area contributed by atoms with Crippen LogP contribution in [0.1, 0.15) is 38.8 Å². The van der Waals surface area contributed by atoms with Crippen LogP contribution in [0.4, 0.5) is 9.18 Å². The second-order valence-corrected chi connectivity index (χ2v) is 5.38. The highest BCUT2D eigenvalue weighted by molar-refractivity contribution is 5.67. The van der Waals surface area contributed by atoms with E-state index < -0.39 is 11.7 Å².